The van der Waals surface area contributed by atoms with Crippen molar-refractivity contribution in [2.75, 3.05) is 0 Å². The molecule has 0 bridgehead atoms. The number of rotatable bonds is 2. The van der Waals surface area contributed by atoms with Crippen LogP contribution in [0.3, 0.4) is 0 Å². The summed E-state index contributed by atoms with van der Waals surface area (Å²) < 4.78 is 37.7. The van der Waals surface area contributed by atoms with Gasteiger partial charge in [-0.15, -0.1) is 0 Å². The van der Waals surface area contributed by atoms with Crippen molar-refractivity contribution in [1.82, 2.24) is 4.98 Å². The second kappa shape index (κ2) is 5.39. The summed E-state index contributed by atoms with van der Waals surface area (Å²) >= 11 is 11.6. The molecule has 0 spiro atoms. The molecular weight excluding hydrogens is 298 g/mol. The van der Waals surface area contributed by atoms with E-state index in [0.29, 0.717) is 11.1 Å². The second-order valence-corrected chi connectivity index (χ2v) is 4.70. The van der Waals surface area contributed by atoms with E-state index in [-0.39, 0.29) is 16.7 Å². The maximum Gasteiger partial charge on any atom is 0.416 e. The summed E-state index contributed by atoms with van der Waals surface area (Å²) in [5.74, 6) is 0. The van der Waals surface area contributed by atoms with Crippen LogP contribution in [-0.4, -0.2) is 4.98 Å². The van der Waals surface area contributed by atoms with Gasteiger partial charge in [0.1, 0.15) is 10.3 Å². The maximum absolute atomic E-state index is 12.6. The average Bonchev–Trinajstić information content (AvgIpc) is 2.32. The lowest BCUT2D eigenvalue weighted by molar-refractivity contribution is -0.137. The molecule has 0 N–H and O–H groups in total. The largest absolute Gasteiger partial charge is 0.416 e. The first-order valence-electron chi connectivity index (χ1n) is 5.33. The number of benzene rings is 1. The fraction of sp³-hybridized carbons (Fsp3) is 0.154. The van der Waals surface area contributed by atoms with Gasteiger partial charge in [0.25, 0.3) is 0 Å². The quantitative estimate of drug-likeness (QED) is 0.712. The molecule has 1 heterocycles. The fourth-order valence-corrected chi connectivity index (χ4v) is 2.06. The molecule has 0 amide bonds. The van der Waals surface area contributed by atoms with Gasteiger partial charge in [0.15, 0.2) is 0 Å². The van der Waals surface area contributed by atoms with Gasteiger partial charge in [-0.3, -0.25) is 0 Å². The summed E-state index contributed by atoms with van der Waals surface area (Å²) in [5, 5.41) is 0.447. The molecule has 0 fully saturated rings. The minimum Gasteiger partial charge on any atom is -0.224 e. The Hall–Kier alpha value is -1.26. The molecule has 100 valence electrons. The highest BCUT2D eigenvalue weighted by Crippen LogP contribution is 2.30. The van der Waals surface area contributed by atoms with Crippen LogP contribution >= 0.6 is 23.2 Å². The molecule has 0 unspecified atom stereocenters. The number of pyridine rings is 1. The van der Waals surface area contributed by atoms with Crippen molar-refractivity contribution in [2.24, 2.45) is 0 Å². The highest BCUT2D eigenvalue weighted by atomic mass is 35.5. The van der Waals surface area contributed by atoms with Gasteiger partial charge in [0.05, 0.1) is 5.56 Å². The number of hydrogen-bond acceptors (Lipinski definition) is 1. The van der Waals surface area contributed by atoms with Gasteiger partial charge in [0, 0.05) is 6.42 Å². The van der Waals surface area contributed by atoms with Crippen LogP contribution in [-0.2, 0) is 12.6 Å². The van der Waals surface area contributed by atoms with Crippen molar-refractivity contribution in [2.45, 2.75) is 12.6 Å². The van der Waals surface area contributed by atoms with Crippen LogP contribution in [0.1, 0.15) is 16.7 Å². The van der Waals surface area contributed by atoms with E-state index in [0.717, 1.165) is 12.1 Å². The number of hydrogen-bond donors (Lipinski definition) is 0. The van der Waals surface area contributed by atoms with E-state index in [1.54, 1.807) is 18.2 Å². The van der Waals surface area contributed by atoms with Gasteiger partial charge in [-0.05, 0) is 23.3 Å². The molecule has 0 radical (unpaired) electrons. The monoisotopic (exact) mass is 305 g/mol. The third kappa shape index (κ3) is 3.61. The molecule has 2 rings (SSSR count). The van der Waals surface area contributed by atoms with Gasteiger partial charge in [-0.1, -0.05) is 47.5 Å². The zero-order valence-electron chi connectivity index (χ0n) is 9.51. The topological polar surface area (TPSA) is 12.9 Å². The van der Waals surface area contributed by atoms with Crippen molar-refractivity contribution in [3.8, 4) is 0 Å². The van der Waals surface area contributed by atoms with E-state index in [2.05, 4.69) is 4.98 Å². The van der Waals surface area contributed by atoms with Crippen LogP contribution in [0.4, 0.5) is 13.2 Å². The Balaban J connectivity index is 2.29. The third-order valence-electron chi connectivity index (χ3n) is 2.54. The van der Waals surface area contributed by atoms with E-state index >= 15 is 0 Å². The molecule has 6 heteroatoms. The SMILES string of the molecule is FC(F)(F)c1cccc(Cc2ccc(Cl)nc2Cl)c1. The Kier molecular flexibility index (Phi) is 4.02. The molecule has 0 saturated carbocycles. The zero-order chi connectivity index (χ0) is 14.0. The van der Waals surface area contributed by atoms with Gasteiger partial charge >= 0.3 is 6.18 Å². The van der Waals surface area contributed by atoms with Crippen LogP contribution in [0.15, 0.2) is 36.4 Å². The third-order valence-corrected chi connectivity index (χ3v) is 3.08. The molecule has 0 aliphatic carbocycles. The lowest BCUT2D eigenvalue weighted by Crippen LogP contribution is -2.05. The van der Waals surface area contributed by atoms with E-state index < -0.39 is 11.7 Å². The predicted molar refractivity (Wildman–Crippen MR) is 68.5 cm³/mol. The molecule has 0 aliphatic rings. The Labute approximate surface area is 118 Å². The Morgan fingerprint density at radius 3 is 2.42 bits per heavy atom. The summed E-state index contributed by atoms with van der Waals surface area (Å²) in [6.45, 7) is 0. The Morgan fingerprint density at radius 1 is 1.05 bits per heavy atom. The van der Waals surface area contributed by atoms with E-state index in [1.807, 2.05) is 0 Å². The number of alkyl halides is 3. The fourth-order valence-electron chi connectivity index (χ4n) is 1.65. The summed E-state index contributed by atoms with van der Waals surface area (Å²) in [7, 11) is 0. The van der Waals surface area contributed by atoms with Gasteiger partial charge in [-0.2, -0.15) is 13.2 Å². The molecule has 1 aromatic carbocycles. The van der Waals surface area contributed by atoms with E-state index in [4.69, 9.17) is 23.2 Å². The van der Waals surface area contributed by atoms with E-state index in [9.17, 15) is 13.2 Å². The van der Waals surface area contributed by atoms with Crippen molar-refractivity contribution in [3.05, 3.63) is 63.4 Å². The summed E-state index contributed by atoms with van der Waals surface area (Å²) in [6, 6.07) is 8.32. The van der Waals surface area contributed by atoms with Gasteiger partial charge < -0.3 is 0 Å². The van der Waals surface area contributed by atoms with Crippen molar-refractivity contribution in [3.63, 3.8) is 0 Å². The molecule has 19 heavy (non-hydrogen) atoms. The van der Waals surface area contributed by atoms with Crippen molar-refractivity contribution < 1.29 is 13.2 Å². The first-order chi connectivity index (χ1) is 8.86. The molecular formula is C13H8Cl2F3N. The maximum atomic E-state index is 12.6. The first-order valence-corrected chi connectivity index (χ1v) is 6.09. The highest BCUT2D eigenvalue weighted by molar-refractivity contribution is 6.32. The predicted octanol–water partition coefficient (Wildman–Crippen LogP) is 5.00. The van der Waals surface area contributed by atoms with Crippen LogP contribution in [0.2, 0.25) is 10.3 Å². The normalized spacial score (nSPS) is 11.6. The molecule has 1 nitrogen and oxygen atoms in total. The molecule has 0 aliphatic heterocycles. The Morgan fingerprint density at radius 2 is 1.79 bits per heavy atom. The minimum atomic E-state index is -4.35. The summed E-state index contributed by atoms with van der Waals surface area (Å²) in [5.41, 5.74) is 0.467. The smallest absolute Gasteiger partial charge is 0.224 e. The molecule has 1 aromatic heterocycles. The summed E-state index contributed by atoms with van der Waals surface area (Å²) in [6.07, 6.45) is -4.08. The van der Waals surface area contributed by atoms with Crippen LogP contribution in [0.5, 0.6) is 0 Å². The first kappa shape index (κ1) is 14.2. The number of nitrogens with zero attached hydrogens (tertiary/aromatic N) is 1. The zero-order valence-corrected chi connectivity index (χ0v) is 11.0. The molecule has 0 saturated heterocycles. The van der Waals surface area contributed by atoms with E-state index in [1.165, 1.54) is 6.07 Å². The average molecular weight is 306 g/mol. The van der Waals surface area contributed by atoms with Crippen LogP contribution in [0, 0.1) is 0 Å². The number of aromatic nitrogens is 1. The Bertz CT molecular complexity index is 597. The number of halogens is 5. The van der Waals surface area contributed by atoms with Gasteiger partial charge in [0.2, 0.25) is 0 Å². The highest BCUT2D eigenvalue weighted by Gasteiger charge is 2.30. The lowest BCUT2D eigenvalue weighted by atomic mass is 10.0. The second-order valence-electron chi connectivity index (χ2n) is 3.96. The van der Waals surface area contributed by atoms with Crippen molar-refractivity contribution >= 4 is 23.2 Å². The minimum absolute atomic E-state index is 0.199. The van der Waals surface area contributed by atoms with Crippen molar-refractivity contribution in [1.29, 1.82) is 0 Å². The molecule has 2 aromatic rings. The van der Waals surface area contributed by atoms with Crippen LogP contribution in [0.25, 0.3) is 0 Å². The standard InChI is InChI=1S/C13H8Cl2F3N/c14-11-5-4-9(12(15)19-11)6-8-2-1-3-10(7-8)13(16,17)18/h1-5,7H,6H2. The van der Waals surface area contributed by atoms with Gasteiger partial charge in [-0.25, -0.2) is 4.98 Å². The molecule has 0 atom stereocenters. The lowest BCUT2D eigenvalue weighted by Gasteiger charge is -2.09. The van der Waals surface area contributed by atoms with Crippen LogP contribution < -0.4 is 0 Å². The summed E-state index contributed by atoms with van der Waals surface area (Å²) in [4.78, 5) is 3.85.